The molecule has 0 spiro atoms. The van der Waals surface area contributed by atoms with E-state index in [1.54, 1.807) is 11.3 Å². The Morgan fingerprint density at radius 2 is 2.13 bits per heavy atom. The fourth-order valence-electron chi connectivity index (χ4n) is 4.16. The van der Waals surface area contributed by atoms with Crippen molar-refractivity contribution < 1.29 is 0 Å². The number of aromatic nitrogens is 1. The summed E-state index contributed by atoms with van der Waals surface area (Å²) < 4.78 is 0. The third kappa shape index (κ3) is 5.31. The summed E-state index contributed by atoms with van der Waals surface area (Å²) in [5.74, 6) is 3.96. The smallest absolute Gasteiger partial charge is 0.190 e. The van der Waals surface area contributed by atoms with Gasteiger partial charge in [-0.05, 0) is 50.4 Å². The second kappa shape index (κ2) is 9.20. The first-order valence-electron chi connectivity index (χ1n) is 8.60. The highest BCUT2D eigenvalue weighted by Crippen LogP contribution is 2.49. The van der Waals surface area contributed by atoms with E-state index in [0.29, 0.717) is 0 Å². The lowest BCUT2D eigenvalue weighted by Crippen LogP contribution is -2.39. The van der Waals surface area contributed by atoms with Crippen molar-refractivity contribution in [3.8, 4) is 0 Å². The molecule has 2 bridgehead atoms. The maximum atomic E-state index is 4.49. The molecule has 2 fully saturated rings. The second-order valence-electron chi connectivity index (χ2n) is 6.76. The van der Waals surface area contributed by atoms with Gasteiger partial charge in [-0.15, -0.1) is 35.3 Å². The van der Waals surface area contributed by atoms with E-state index in [1.165, 1.54) is 37.8 Å². The van der Waals surface area contributed by atoms with Gasteiger partial charge in [0.05, 0.1) is 10.7 Å². The van der Waals surface area contributed by atoms with E-state index >= 15 is 0 Å². The fraction of sp³-hybridized carbons (Fsp3) is 0.765. The average Bonchev–Trinajstić information content (AvgIpc) is 3.22. The number of aliphatic imine (C=N–C) groups is 1. The molecule has 0 amide bonds. The highest BCUT2D eigenvalue weighted by atomic mass is 127. The monoisotopic (exact) mass is 448 g/mol. The lowest BCUT2D eigenvalue weighted by atomic mass is 9.86. The molecular weight excluding hydrogens is 419 g/mol. The number of aryl methyl sites for hydroxylation is 1. The molecule has 3 rings (SSSR count). The van der Waals surface area contributed by atoms with Gasteiger partial charge >= 0.3 is 0 Å². The van der Waals surface area contributed by atoms with Crippen LogP contribution in [0.1, 0.15) is 42.8 Å². The van der Waals surface area contributed by atoms with Crippen molar-refractivity contribution in [3.63, 3.8) is 0 Å². The van der Waals surface area contributed by atoms with E-state index in [2.05, 4.69) is 32.9 Å². The Balaban J connectivity index is 0.00000192. The van der Waals surface area contributed by atoms with Gasteiger partial charge in [0.25, 0.3) is 0 Å². The van der Waals surface area contributed by atoms with Gasteiger partial charge in [-0.3, -0.25) is 4.99 Å². The Bertz CT molecular complexity index is 516. The number of fused-ring (bicyclic) bond motifs is 2. The van der Waals surface area contributed by atoms with E-state index in [-0.39, 0.29) is 24.0 Å². The topological polar surface area (TPSA) is 49.3 Å². The number of guanidine groups is 1. The molecule has 1 aromatic heterocycles. The van der Waals surface area contributed by atoms with Crippen LogP contribution in [0, 0.1) is 24.7 Å². The molecule has 1 heterocycles. The molecule has 1 aromatic rings. The normalized spacial score (nSPS) is 26.2. The minimum atomic E-state index is 0. The first kappa shape index (κ1) is 19.0. The van der Waals surface area contributed by atoms with Gasteiger partial charge in [0.2, 0.25) is 0 Å². The Hall–Kier alpha value is -0.370. The lowest BCUT2D eigenvalue weighted by Gasteiger charge is -2.22. The predicted octanol–water partition coefficient (Wildman–Crippen LogP) is 3.60. The minimum Gasteiger partial charge on any atom is -0.356 e. The first-order chi connectivity index (χ1) is 10.7. The van der Waals surface area contributed by atoms with Crippen LogP contribution in [0.4, 0.5) is 0 Å². The number of nitrogens with one attached hydrogen (secondary N) is 2. The van der Waals surface area contributed by atoms with Gasteiger partial charge in [0.1, 0.15) is 0 Å². The summed E-state index contributed by atoms with van der Waals surface area (Å²) in [5, 5.41) is 10.1. The number of rotatable bonds is 6. The van der Waals surface area contributed by atoms with Crippen molar-refractivity contribution in [2.24, 2.45) is 22.7 Å². The quantitative estimate of drug-likeness (QED) is 0.397. The molecule has 2 N–H and O–H groups in total. The molecule has 0 radical (unpaired) electrons. The second-order valence-corrected chi connectivity index (χ2v) is 7.82. The molecule has 0 aliphatic heterocycles. The molecule has 0 saturated heterocycles. The number of hydrogen-bond acceptors (Lipinski definition) is 3. The van der Waals surface area contributed by atoms with Crippen molar-refractivity contribution in [1.29, 1.82) is 0 Å². The maximum absolute atomic E-state index is 4.49. The van der Waals surface area contributed by atoms with Crippen LogP contribution in [0.3, 0.4) is 0 Å². The van der Waals surface area contributed by atoms with Crippen LogP contribution >= 0.6 is 35.3 Å². The van der Waals surface area contributed by atoms with E-state index in [0.717, 1.165) is 48.2 Å². The molecule has 4 nitrogen and oxygen atoms in total. The molecule has 6 heteroatoms. The standard InChI is InChI=1S/C17H28N4S.HI/c1-12-21-16(11-22-12)6-8-20-17(18-2)19-7-5-15-10-13-3-4-14(15)9-13;/h11,13-15H,3-10H2,1-2H3,(H2,18,19,20);1H. The maximum Gasteiger partial charge on any atom is 0.190 e. The summed E-state index contributed by atoms with van der Waals surface area (Å²) in [7, 11) is 1.85. The molecule has 130 valence electrons. The predicted molar refractivity (Wildman–Crippen MR) is 109 cm³/mol. The number of halogens is 1. The third-order valence-corrected chi connectivity index (χ3v) is 6.08. The van der Waals surface area contributed by atoms with E-state index in [4.69, 9.17) is 0 Å². The lowest BCUT2D eigenvalue weighted by molar-refractivity contribution is 0.315. The molecular formula is C17H29IN4S. The Morgan fingerprint density at radius 1 is 1.30 bits per heavy atom. The van der Waals surface area contributed by atoms with Crippen molar-refractivity contribution in [2.45, 2.75) is 45.4 Å². The van der Waals surface area contributed by atoms with Crippen LogP contribution in [0.5, 0.6) is 0 Å². The summed E-state index contributed by atoms with van der Waals surface area (Å²) in [6.07, 6.45) is 8.21. The molecule has 3 unspecified atom stereocenters. The molecule has 0 aromatic carbocycles. The van der Waals surface area contributed by atoms with Crippen LogP contribution < -0.4 is 10.6 Å². The SMILES string of the molecule is CN=C(NCCc1csc(C)n1)NCCC1CC2CCC1C2.I. The number of thiazole rings is 1. The highest BCUT2D eigenvalue weighted by Gasteiger charge is 2.38. The Kier molecular flexibility index (Phi) is 7.59. The highest BCUT2D eigenvalue weighted by molar-refractivity contribution is 14.0. The zero-order valence-corrected chi connectivity index (χ0v) is 17.3. The summed E-state index contributed by atoms with van der Waals surface area (Å²) >= 11 is 1.72. The van der Waals surface area contributed by atoms with Crippen LogP contribution in [0.15, 0.2) is 10.4 Å². The van der Waals surface area contributed by atoms with E-state index < -0.39 is 0 Å². The minimum absolute atomic E-state index is 0. The summed E-state index contributed by atoms with van der Waals surface area (Å²) in [5.41, 5.74) is 1.17. The number of hydrogen-bond donors (Lipinski definition) is 2. The van der Waals surface area contributed by atoms with Gasteiger partial charge in [0.15, 0.2) is 5.96 Å². The molecule has 2 saturated carbocycles. The molecule has 3 atom stereocenters. The summed E-state index contributed by atoms with van der Waals surface area (Å²) in [6.45, 7) is 3.98. The van der Waals surface area contributed by atoms with Crippen LogP contribution in [-0.4, -0.2) is 31.1 Å². The zero-order chi connectivity index (χ0) is 15.4. The molecule has 2 aliphatic rings. The summed E-state index contributed by atoms with van der Waals surface area (Å²) in [4.78, 5) is 8.80. The van der Waals surface area contributed by atoms with Crippen LogP contribution in [0.25, 0.3) is 0 Å². The van der Waals surface area contributed by atoms with Crippen molar-refractivity contribution in [2.75, 3.05) is 20.1 Å². The fourth-order valence-corrected chi connectivity index (χ4v) is 4.81. The van der Waals surface area contributed by atoms with Crippen LogP contribution in [-0.2, 0) is 6.42 Å². The van der Waals surface area contributed by atoms with Gasteiger partial charge in [-0.1, -0.05) is 6.42 Å². The van der Waals surface area contributed by atoms with Gasteiger partial charge in [-0.25, -0.2) is 4.98 Å². The largest absolute Gasteiger partial charge is 0.356 e. The van der Waals surface area contributed by atoms with Gasteiger partial charge in [0, 0.05) is 31.9 Å². The Morgan fingerprint density at radius 3 is 2.74 bits per heavy atom. The Labute approximate surface area is 161 Å². The number of nitrogens with zero attached hydrogens (tertiary/aromatic N) is 2. The van der Waals surface area contributed by atoms with Crippen molar-refractivity contribution in [3.05, 3.63) is 16.1 Å². The molecule has 2 aliphatic carbocycles. The van der Waals surface area contributed by atoms with Crippen molar-refractivity contribution >= 4 is 41.3 Å². The average molecular weight is 448 g/mol. The van der Waals surface area contributed by atoms with Gasteiger partial charge < -0.3 is 10.6 Å². The third-order valence-electron chi connectivity index (χ3n) is 5.26. The van der Waals surface area contributed by atoms with Crippen LogP contribution in [0.2, 0.25) is 0 Å². The zero-order valence-electron chi connectivity index (χ0n) is 14.2. The summed E-state index contributed by atoms with van der Waals surface area (Å²) in [6, 6.07) is 0. The van der Waals surface area contributed by atoms with Crippen molar-refractivity contribution in [1.82, 2.24) is 15.6 Å². The van der Waals surface area contributed by atoms with E-state index in [1.807, 2.05) is 7.05 Å². The van der Waals surface area contributed by atoms with E-state index in [9.17, 15) is 0 Å². The van der Waals surface area contributed by atoms with Gasteiger partial charge in [-0.2, -0.15) is 0 Å². The molecule has 23 heavy (non-hydrogen) atoms. The first-order valence-corrected chi connectivity index (χ1v) is 9.48.